The number of likely N-dealkylation sites (N-methyl/N-ethyl adjacent to an activating group) is 1. The van der Waals surface area contributed by atoms with Gasteiger partial charge in [0.25, 0.3) is 0 Å². The Morgan fingerprint density at radius 1 is 1.20 bits per heavy atom. The highest BCUT2D eigenvalue weighted by molar-refractivity contribution is 5.94. The van der Waals surface area contributed by atoms with E-state index >= 15 is 0 Å². The van der Waals surface area contributed by atoms with Crippen LogP contribution in [0.2, 0.25) is 0 Å². The predicted molar refractivity (Wildman–Crippen MR) is 103 cm³/mol. The average Bonchev–Trinajstić information content (AvgIpc) is 2.52. The summed E-state index contributed by atoms with van der Waals surface area (Å²) in [6.07, 6.45) is 6.55. The van der Waals surface area contributed by atoms with Gasteiger partial charge < -0.3 is 10.6 Å². The largest absolute Gasteiger partial charge is 0.326 e. The Kier molecular flexibility index (Phi) is 7.44. The zero-order chi connectivity index (χ0) is 18.2. The summed E-state index contributed by atoms with van der Waals surface area (Å²) in [5, 5.41) is 5.62. The van der Waals surface area contributed by atoms with Gasteiger partial charge in [0.1, 0.15) is 0 Å². The zero-order valence-electron chi connectivity index (χ0n) is 15.7. The molecule has 1 fully saturated rings. The Bertz CT molecular complexity index is 588. The summed E-state index contributed by atoms with van der Waals surface area (Å²) in [7, 11) is 2.00. The van der Waals surface area contributed by atoms with Crippen molar-refractivity contribution in [1.29, 1.82) is 0 Å². The Hall–Kier alpha value is -1.88. The van der Waals surface area contributed by atoms with Gasteiger partial charge in [-0.05, 0) is 56.5 Å². The van der Waals surface area contributed by atoms with Gasteiger partial charge in [-0.3, -0.25) is 14.5 Å². The van der Waals surface area contributed by atoms with E-state index in [0.29, 0.717) is 17.9 Å². The number of hydrogen-bond donors (Lipinski definition) is 2. The molecule has 2 rings (SSSR count). The summed E-state index contributed by atoms with van der Waals surface area (Å²) in [5.41, 5.74) is 1.39. The highest BCUT2D eigenvalue weighted by Gasteiger charge is 2.19. The number of amides is 2. The molecular formula is C20H31N3O2. The van der Waals surface area contributed by atoms with Gasteiger partial charge in [0.2, 0.25) is 11.8 Å². The summed E-state index contributed by atoms with van der Waals surface area (Å²) >= 11 is 0. The lowest BCUT2D eigenvalue weighted by Gasteiger charge is -2.28. The van der Waals surface area contributed by atoms with Gasteiger partial charge in [-0.1, -0.05) is 32.3 Å². The molecule has 0 saturated heterocycles. The smallest absolute Gasteiger partial charge is 0.238 e. The average molecular weight is 345 g/mol. The van der Waals surface area contributed by atoms with Crippen LogP contribution in [-0.4, -0.2) is 36.9 Å². The molecule has 5 nitrogen and oxygen atoms in total. The van der Waals surface area contributed by atoms with E-state index in [9.17, 15) is 9.59 Å². The maximum Gasteiger partial charge on any atom is 0.238 e. The minimum atomic E-state index is -0.125. The van der Waals surface area contributed by atoms with E-state index in [1.165, 1.54) is 39.0 Å². The highest BCUT2D eigenvalue weighted by atomic mass is 16.2. The van der Waals surface area contributed by atoms with Crippen molar-refractivity contribution in [3.8, 4) is 0 Å². The van der Waals surface area contributed by atoms with E-state index in [4.69, 9.17) is 0 Å². The monoisotopic (exact) mass is 345 g/mol. The summed E-state index contributed by atoms with van der Waals surface area (Å²) in [4.78, 5) is 25.4. The summed E-state index contributed by atoms with van der Waals surface area (Å²) in [6.45, 7) is 5.15. The first kappa shape index (κ1) is 19.4. The van der Waals surface area contributed by atoms with Crippen LogP contribution in [0.5, 0.6) is 0 Å². The molecule has 0 unspecified atom stereocenters. The molecule has 0 spiro atoms. The van der Waals surface area contributed by atoms with Gasteiger partial charge in [0, 0.05) is 18.3 Å². The van der Waals surface area contributed by atoms with Crippen LogP contribution < -0.4 is 10.6 Å². The lowest BCUT2D eigenvalue weighted by atomic mass is 9.81. The molecule has 0 heterocycles. The maximum atomic E-state index is 12.2. The molecule has 1 aromatic carbocycles. The number of hydrogen-bond acceptors (Lipinski definition) is 3. The molecule has 0 aliphatic heterocycles. The first-order valence-electron chi connectivity index (χ1n) is 9.28. The molecule has 5 heteroatoms. The molecule has 1 aliphatic carbocycles. The third-order valence-corrected chi connectivity index (χ3v) is 4.84. The minimum Gasteiger partial charge on any atom is -0.326 e. The first-order chi connectivity index (χ1) is 11.9. The van der Waals surface area contributed by atoms with Crippen molar-refractivity contribution in [3.05, 3.63) is 24.3 Å². The number of carbonyl (C=O) groups excluding carboxylic acids is 2. The van der Waals surface area contributed by atoms with Gasteiger partial charge in [-0.25, -0.2) is 0 Å². The van der Waals surface area contributed by atoms with E-state index in [1.54, 1.807) is 12.1 Å². The molecule has 25 heavy (non-hydrogen) atoms. The van der Waals surface area contributed by atoms with Crippen molar-refractivity contribution in [3.63, 3.8) is 0 Å². The molecule has 0 bridgehead atoms. The normalized spacial score (nSPS) is 20.3. The van der Waals surface area contributed by atoms with Crippen molar-refractivity contribution >= 4 is 23.2 Å². The molecule has 2 N–H and O–H groups in total. The number of nitrogens with one attached hydrogen (secondary N) is 2. The van der Waals surface area contributed by atoms with Gasteiger partial charge in [0.15, 0.2) is 0 Å². The standard InChI is InChI=1S/C20H31N3O2/c1-15-6-4-7-17(12-15)10-11-23(3)14-20(25)22-19-9-5-8-18(13-19)21-16(2)24/h5,8-9,13,15,17H,4,6-7,10-12,14H2,1-3H3,(H,21,24)(H,22,25)/t15-,17+/m1/s1. The van der Waals surface area contributed by atoms with Crippen molar-refractivity contribution in [2.75, 3.05) is 30.8 Å². The van der Waals surface area contributed by atoms with Crippen LogP contribution in [0, 0.1) is 11.8 Å². The number of benzene rings is 1. The van der Waals surface area contributed by atoms with Gasteiger partial charge in [-0.15, -0.1) is 0 Å². The fourth-order valence-electron chi connectivity index (χ4n) is 3.63. The second-order valence-electron chi connectivity index (χ2n) is 7.47. The second-order valence-corrected chi connectivity index (χ2v) is 7.47. The lowest BCUT2D eigenvalue weighted by molar-refractivity contribution is -0.117. The van der Waals surface area contributed by atoms with E-state index in [0.717, 1.165) is 18.4 Å². The number of rotatable bonds is 7. The molecule has 1 aromatic rings. The third-order valence-electron chi connectivity index (χ3n) is 4.84. The molecular weight excluding hydrogens is 314 g/mol. The summed E-state index contributed by atoms with van der Waals surface area (Å²) in [5.74, 6) is 1.51. The van der Waals surface area contributed by atoms with Crippen molar-refractivity contribution in [2.24, 2.45) is 11.8 Å². The molecule has 0 radical (unpaired) electrons. The van der Waals surface area contributed by atoms with E-state index < -0.39 is 0 Å². The van der Waals surface area contributed by atoms with E-state index in [2.05, 4.69) is 22.5 Å². The molecule has 2 atom stereocenters. The van der Waals surface area contributed by atoms with Gasteiger partial charge >= 0.3 is 0 Å². The Balaban J connectivity index is 1.74. The molecule has 138 valence electrons. The number of nitrogens with zero attached hydrogens (tertiary/aromatic N) is 1. The van der Waals surface area contributed by atoms with Crippen LogP contribution in [0.1, 0.15) is 46.0 Å². The van der Waals surface area contributed by atoms with Crippen molar-refractivity contribution in [1.82, 2.24) is 4.90 Å². The molecule has 1 aliphatic rings. The predicted octanol–water partition coefficient (Wildman–Crippen LogP) is 3.73. The van der Waals surface area contributed by atoms with Crippen LogP contribution in [0.25, 0.3) is 0 Å². The topological polar surface area (TPSA) is 61.4 Å². The Morgan fingerprint density at radius 2 is 1.92 bits per heavy atom. The highest BCUT2D eigenvalue weighted by Crippen LogP contribution is 2.30. The quantitative estimate of drug-likeness (QED) is 0.791. The maximum absolute atomic E-state index is 12.2. The number of anilines is 2. The second kappa shape index (κ2) is 9.56. The number of carbonyl (C=O) groups is 2. The fourth-order valence-corrected chi connectivity index (χ4v) is 3.63. The summed E-state index contributed by atoms with van der Waals surface area (Å²) in [6, 6.07) is 7.21. The molecule has 2 amide bonds. The van der Waals surface area contributed by atoms with E-state index in [-0.39, 0.29) is 11.8 Å². The van der Waals surface area contributed by atoms with Crippen LogP contribution in [0.4, 0.5) is 11.4 Å². The van der Waals surface area contributed by atoms with Crippen LogP contribution in [0.15, 0.2) is 24.3 Å². The minimum absolute atomic E-state index is 0.0283. The fraction of sp³-hybridized carbons (Fsp3) is 0.600. The zero-order valence-corrected chi connectivity index (χ0v) is 15.7. The Labute approximate surface area is 151 Å². The van der Waals surface area contributed by atoms with Crippen LogP contribution >= 0.6 is 0 Å². The molecule has 0 aromatic heterocycles. The van der Waals surface area contributed by atoms with Gasteiger partial charge in [-0.2, -0.15) is 0 Å². The van der Waals surface area contributed by atoms with Gasteiger partial charge in [0.05, 0.1) is 6.54 Å². The molecule has 1 saturated carbocycles. The Morgan fingerprint density at radius 3 is 2.60 bits per heavy atom. The van der Waals surface area contributed by atoms with Crippen LogP contribution in [0.3, 0.4) is 0 Å². The lowest BCUT2D eigenvalue weighted by Crippen LogP contribution is -2.32. The third kappa shape index (κ3) is 7.26. The van der Waals surface area contributed by atoms with Crippen molar-refractivity contribution in [2.45, 2.75) is 46.0 Å². The SMILES string of the molecule is CC(=O)Nc1cccc(NC(=O)CN(C)CC[C@@H]2CCC[C@@H](C)C2)c1. The summed E-state index contributed by atoms with van der Waals surface area (Å²) < 4.78 is 0. The first-order valence-corrected chi connectivity index (χ1v) is 9.28. The van der Waals surface area contributed by atoms with Crippen molar-refractivity contribution < 1.29 is 9.59 Å². The van der Waals surface area contributed by atoms with E-state index in [1.807, 2.05) is 19.2 Å². The van der Waals surface area contributed by atoms with Crippen LogP contribution in [-0.2, 0) is 9.59 Å².